The average molecular weight is 329 g/mol. The Morgan fingerprint density at radius 2 is 1.86 bits per heavy atom. The summed E-state index contributed by atoms with van der Waals surface area (Å²) in [5, 5.41) is 4.88. The molecule has 0 heterocycles. The molecule has 1 aromatic rings. The van der Waals surface area contributed by atoms with Crippen LogP contribution in [0.1, 0.15) is 44.0 Å². The number of benzene rings is 1. The summed E-state index contributed by atoms with van der Waals surface area (Å²) in [4.78, 5) is 23.5. The zero-order valence-corrected chi connectivity index (χ0v) is 14.2. The van der Waals surface area contributed by atoms with Crippen molar-refractivity contribution in [3.05, 3.63) is 29.8 Å². The normalized spacial score (nSPS) is 11.2. The van der Waals surface area contributed by atoms with Crippen LogP contribution in [0.25, 0.3) is 0 Å². The van der Waals surface area contributed by atoms with Crippen LogP contribution in [0.5, 0.6) is 0 Å². The standard InChI is InChI=1S/C16H24N2O3.ClH/c1-4-6-11-17-12(3)15(19)18-14-9-7-13(8-10-14)16(20)21-5-2;/h7-10,12,17H,4-6,11H2,1-3H3,(H,18,19);1H. The Balaban J connectivity index is 0.00000441. The first kappa shape index (κ1) is 20.4. The number of anilines is 1. The smallest absolute Gasteiger partial charge is 0.338 e. The minimum absolute atomic E-state index is 0. The van der Waals surface area contributed by atoms with Crippen molar-refractivity contribution in [2.24, 2.45) is 0 Å². The summed E-state index contributed by atoms with van der Waals surface area (Å²) in [6.07, 6.45) is 2.23. The molecule has 0 aliphatic rings. The highest BCUT2D eigenvalue weighted by molar-refractivity contribution is 5.94. The number of carbonyl (C=O) groups excluding carboxylic acids is 2. The van der Waals surface area contributed by atoms with Gasteiger partial charge in [0.2, 0.25) is 0 Å². The van der Waals surface area contributed by atoms with E-state index in [9.17, 15) is 9.59 Å². The van der Waals surface area contributed by atoms with Crippen LogP contribution in [0.4, 0.5) is 5.69 Å². The van der Waals surface area contributed by atoms with Gasteiger partial charge in [0, 0.05) is 5.69 Å². The molecule has 0 aliphatic carbocycles. The highest BCUT2D eigenvalue weighted by Crippen LogP contribution is 2.10. The monoisotopic (exact) mass is 328 g/mol. The summed E-state index contributed by atoms with van der Waals surface area (Å²) in [5.41, 5.74) is 1.17. The number of amides is 1. The molecule has 1 unspecified atom stereocenters. The van der Waals surface area contributed by atoms with Gasteiger partial charge in [0.05, 0.1) is 18.7 Å². The van der Waals surface area contributed by atoms with E-state index in [1.54, 1.807) is 31.2 Å². The molecule has 1 amide bonds. The lowest BCUT2D eigenvalue weighted by Crippen LogP contribution is -3.00. The zero-order valence-electron chi connectivity index (χ0n) is 13.4. The van der Waals surface area contributed by atoms with Gasteiger partial charge in [-0.2, -0.15) is 0 Å². The third-order valence-corrected chi connectivity index (χ3v) is 3.16. The fourth-order valence-corrected chi connectivity index (χ4v) is 1.84. The molecule has 1 rings (SSSR count). The number of quaternary nitrogens is 1. The number of ether oxygens (including phenoxy) is 1. The number of nitrogens with one attached hydrogen (secondary N) is 1. The number of hydrogen-bond acceptors (Lipinski definition) is 3. The Morgan fingerprint density at radius 3 is 2.41 bits per heavy atom. The predicted octanol–water partition coefficient (Wildman–Crippen LogP) is -1.44. The van der Waals surface area contributed by atoms with E-state index in [0.29, 0.717) is 17.9 Å². The fourth-order valence-electron chi connectivity index (χ4n) is 1.84. The number of esters is 1. The van der Waals surface area contributed by atoms with E-state index in [0.717, 1.165) is 19.4 Å². The molecule has 0 aromatic heterocycles. The number of hydrogen-bond donors (Lipinski definition) is 2. The van der Waals surface area contributed by atoms with Crippen molar-refractivity contribution >= 4 is 17.6 Å². The maximum Gasteiger partial charge on any atom is 0.338 e. The molecule has 1 atom stereocenters. The first-order valence-electron chi connectivity index (χ1n) is 7.49. The lowest BCUT2D eigenvalue weighted by Gasteiger charge is -2.11. The molecular weight excluding hydrogens is 304 g/mol. The van der Waals surface area contributed by atoms with E-state index in [2.05, 4.69) is 12.2 Å². The van der Waals surface area contributed by atoms with E-state index in [1.807, 2.05) is 12.2 Å². The van der Waals surface area contributed by atoms with E-state index in [1.165, 1.54) is 0 Å². The van der Waals surface area contributed by atoms with Crippen LogP contribution >= 0.6 is 0 Å². The highest BCUT2D eigenvalue weighted by Gasteiger charge is 2.15. The molecular formula is C16H25ClN2O3. The molecule has 6 heteroatoms. The Bertz CT molecular complexity index is 463. The van der Waals surface area contributed by atoms with E-state index in [4.69, 9.17) is 4.74 Å². The first-order chi connectivity index (χ1) is 10.1. The number of halogens is 1. The highest BCUT2D eigenvalue weighted by atomic mass is 35.5. The van der Waals surface area contributed by atoms with Crippen molar-refractivity contribution in [2.75, 3.05) is 18.5 Å². The molecule has 5 nitrogen and oxygen atoms in total. The molecule has 0 radical (unpaired) electrons. The molecule has 1 aromatic carbocycles. The van der Waals surface area contributed by atoms with Gasteiger partial charge >= 0.3 is 5.97 Å². The second kappa shape index (κ2) is 11.0. The van der Waals surface area contributed by atoms with Crippen molar-refractivity contribution < 1.29 is 32.0 Å². The van der Waals surface area contributed by atoms with Gasteiger partial charge in [0.25, 0.3) is 5.91 Å². The van der Waals surface area contributed by atoms with E-state index >= 15 is 0 Å². The molecule has 0 saturated carbocycles. The Kier molecular flexibility index (Phi) is 10.2. The predicted molar refractivity (Wildman–Crippen MR) is 82.2 cm³/mol. The molecule has 0 bridgehead atoms. The number of rotatable bonds is 8. The zero-order chi connectivity index (χ0) is 15.7. The van der Waals surface area contributed by atoms with Crippen LogP contribution < -0.4 is 23.0 Å². The number of unbranched alkanes of at least 4 members (excludes halogenated alkanes) is 1. The van der Waals surface area contributed by atoms with Gasteiger partial charge in [-0.1, -0.05) is 13.3 Å². The fraction of sp³-hybridized carbons (Fsp3) is 0.500. The molecule has 22 heavy (non-hydrogen) atoms. The van der Waals surface area contributed by atoms with Crippen LogP contribution in [0.2, 0.25) is 0 Å². The van der Waals surface area contributed by atoms with Crippen molar-refractivity contribution in [3.63, 3.8) is 0 Å². The third-order valence-electron chi connectivity index (χ3n) is 3.16. The summed E-state index contributed by atoms with van der Waals surface area (Å²) in [5.74, 6) is -0.383. The van der Waals surface area contributed by atoms with E-state index < -0.39 is 0 Å². The molecule has 124 valence electrons. The van der Waals surface area contributed by atoms with E-state index in [-0.39, 0.29) is 30.3 Å². The molecule has 3 N–H and O–H groups in total. The van der Waals surface area contributed by atoms with Gasteiger partial charge < -0.3 is 27.8 Å². The summed E-state index contributed by atoms with van der Waals surface area (Å²) in [7, 11) is 0. The molecule has 0 saturated heterocycles. The topological polar surface area (TPSA) is 72.0 Å². The number of nitrogens with two attached hydrogens (primary N) is 1. The van der Waals surface area contributed by atoms with Crippen LogP contribution in [0.3, 0.4) is 0 Å². The summed E-state index contributed by atoms with van der Waals surface area (Å²) >= 11 is 0. The summed E-state index contributed by atoms with van der Waals surface area (Å²) in [6, 6.07) is 6.60. The van der Waals surface area contributed by atoms with Crippen molar-refractivity contribution in [2.45, 2.75) is 39.7 Å². The third kappa shape index (κ3) is 6.91. The maximum atomic E-state index is 12.0. The number of carbonyl (C=O) groups is 2. The minimum atomic E-state index is -0.350. The first-order valence-corrected chi connectivity index (χ1v) is 7.49. The average Bonchev–Trinajstić information content (AvgIpc) is 2.48. The van der Waals surface area contributed by atoms with Crippen molar-refractivity contribution in [1.82, 2.24) is 0 Å². The Labute approximate surface area is 138 Å². The minimum Gasteiger partial charge on any atom is -1.00 e. The van der Waals surface area contributed by atoms with Gasteiger partial charge in [-0.25, -0.2) is 4.79 Å². The Morgan fingerprint density at radius 1 is 1.23 bits per heavy atom. The second-order valence-corrected chi connectivity index (χ2v) is 4.95. The van der Waals surface area contributed by atoms with Crippen molar-refractivity contribution in [1.29, 1.82) is 0 Å². The van der Waals surface area contributed by atoms with Crippen LogP contribution in [0, 0.1) is 0 Å². The van der Waals surface area contributed by atoms with Crippen molar-refractivity contribution in [3.8, 4) is 0 Å². The van der Waals surface area contributed by atoms with Gasteiger partial charge in [-0.15, -0.1) is 0 Å². The molecule has 0 aliphatic heterocycles. The lowest BCUT2D eigenvalue weighted by atomic mass is 10.2. The molecule has 0 fully saturated rings. The van der Waals surface area contributed by atoms with Crippen LogP contribution in [-0.2, 0) is 9.53 Å². The molecule has 0 spiro atoms. The van der Waals surface area contributed by atoms with Crippen LogP contribution in [0.15, 0.2) is 24.3 Å². The van der Waals surface area contributed by atoms with Gasteiger partial charge in [-0.3, -0.25) is 4.79 Å². The Hall–Kier alpha value is -1.59. The maximum absolute atomic E-state index is 12.0. The SMILES string of the molecule is CCCC[NH2+]C(C)C(=O)Nc1ccc(C(=O)OCC)cc1.[Cl-]. The van der Waals surface area contributed by atoms with Gasteiger partial charge in [-0.05, 0) is 44.5 Å². The summed E-state index contributed by atoms with van der Waals surface area (Å²) in [6.45, 7) is 7.08. The summed E-state index contributed by atoms with van der Waals surface area (Å²) < 4.78 is 4.91. The lowest BCUT2D eigenvalue weighted by molar-refractivity contribution is -0.673. The largest absolute Gasteiger partial charge is 1.00 e. The van der Waals surface area contributed by atoms with Gasteiger partial charge in [0.15, 0.2) is 6.04 Å². The van der Waals surface area contributed by atoms with Gasteiger partial charge in [0.1, 0.15) is 0 Å². The second-order valence-electron chi connectivity index (χ2n) is 4.95. The quantitative estimate of drug-likeness (QED) is 0.453. The van der Waals surface area contributed by atoms with Crippen LogP contribution in [-0.4, -0.2) is 31.1 Å².